The van der Waals surface area contributed by atoms with E-state index in [1.165, 1.54) is 64.2 Å². The van der Waals surface area contributed by atoms with Gasteiger partial charge in [-0.25, -0.2) is 0 Å². The minimum Gasteiger partial charge on any atom is -0.391 e. The second kappa shape index (κ2) is 16.4. The minimum absolute atomic E-state index is 0.173. The monoisotopic (exact) mass is 344 g/mol. The van der Waals surface area contributed by atoms with Crippen LogP contribution in [0.15, 0.2) is 0 Å². The van der Waals surface area contributed by atoms with Crippen LogP contribution in [0.4, 0.5) is 0 Å². The van der Waals surface area contributed by atoms with Gasteiger partial charge in [0.2, 0.25) is 0 Å². The number of aliphatic hydroxyl groups is 1. The molecule has 1 atom stereocenters. The van der Waals surface area contributed by atoms with E-state index in [4.69, 9.17) is 9.47 Å². The highest BCUT2D eigenvalue weighted by molar-refractivity contribution is 4.67. The molecular weight excluding hydrogens is 300 g/mol. The standard InChI is InChI=1S/C21H44O3/c1-21(2,3)18-20(22)19-24-17-15-13-11-9-7-5-6-8-10-12-14-16-23-4/h20,22H,5-19H2,1-4H3. The number of hydrogen-bond donors (Lipinski definition) is 1. The summed E-state index contributed by atoms with van der Waals surface area (Å²) in [5, 5.41) is 9.86. The molecule has 0 aromatic heterocycles. The molecule has 0 saturated heterocycles. The average Bonchev–Trinajstić information content (AvgIpc) is 2.49. The van der Waals surface area contributed by atoms with Crippen LogP contribution in [0.1, 0.15) is 97.8 Å². The molecule has 0 aromatic rings. The fourth-order valence-corrected chi connectivity index (χ4v) is 3.03. The summed E-state index contributed by atoms with van der Waals surface area (Å²) in [6, 6.07) is 0. The van der Waals surface area contributed by atoms with E-state index in [9.17, 15) is 5.11 Å². The van der Waals surface area contributed by atoms with E-state index in [1.54, 1.807) is 7.11 Å². The van der Waals surface area contributed by atoms with E-state index in [0.29, 0.717) is 6.61 Å². The Balaban J connectivity index is 3.13. The number of unbranched alkanes of at least 4 members (excludes halogenated alkanes) is 10. The van der Waals surface area contributed by atoms with Crippen LogP contribution in [0.2, 0.25) is 0 Å². The molecule has 0 amide bonds. The third kappa shape index (κ3) is 19.9. The van der Waals surface area contributed by atoms with Gasteiger partial charge in [0.15, 0.2) is 0 Å². The molecule has 0 rings (SSSR count). The maximum absolute atomic E-state index is 9.86. The lowest BCUT2D eigenvalue weighted by Gasteiger charge is -2.22. The lowest BCUT2D eigenvalue weighted by Crippen LogP contribution is -2.22. The van der Waals surface area contributed by atoms with Crippen LogP contribution < -0.4 is 0 Å². The molecule has 0 aliphatic carbocycles. The van der Waals surface area contributed by atoms with E-state index >= 15 is 0 Å². The molecular formula is C21H44O3. The predicted octanol–water partition coefficient (Wildman–Crippen LogP) is 5.74. The summed E-state index contributed by atoms with van der Waals surface area (Å²) < 4.78 is 10.6. The number of aliphatic hydroxyl groups excluding tert-OH is 1. The second-order valence-electron chi connectivity index (χ2n) is 8.38. The van der Waals surface area contributed by atoms with Crippen molar-refractivity contribution in [1.82, 2.24) is 0 Å². The highest BCUT2D eigenvalue weighted by atomic mass is 16.5. The fraction of sp³-hybridized carbons (Fsp3) is 1.00. The van der Waals surface area contributed by atoms with Gasteiger partial charge in [0.1, 0.15) is 0 Å². The molecule has 3 nitrogen and oxygen atoms in total. The summed E-state index contributed by atoms with van der Waals surface area (Å²) in [4.78, 5) is 0. The number of ether oxygens (including phenoxy) is 2. The first-order valence-electron chi connectivity index (χ1n) is 10.2. The molecule has 1 N–H and O–H groups in total. The zero-order valence-corrected chi connectivity index (χ0v) is 16.9. The Hall–Kier alpha value is -0.120. The summed E-state index contributed by atoms with van der Waals surface area (Å²) in [5.74, 6) is 0. The summed E-state index contributed by atoms with van der Waals surface area (Å²) in [6.45, 7) is 8.65. The lowest BCUT2D eigenvalue weighted by atomic mass is 9.89. The van der Waals surface area contributed by atoms with Gasteiger partial charge in [-0.1, -0.05) is 78.6 Å². The van der Waals surface area contributed by atoms with E-state index in [0.717, 1.165) is 26.1 Å². The molecule has 0 saturated carbocycles. The Kier molecular flexibility index (Phi) is 16.3. The zero-order chi connectivity index (χ0) is 18.1. The van der Waals surface area contributed by atoms with E-state index in [2.05, 4.69) is 20.8 Å². The van der Waals surface area contributed by atoms with Crippen LogP contribution in [0.5, 0.6) is 0 Å². The Morgan fingerprint density at radius 2 is 1.12 bits per heavy atom. The maximum Gasteiger partial charge on any atom is 0.0778 e. The number of rotatable bonds is 17. The molecule has 0 aromatic carbocycles. The highest BCUT2D eigenvalue weighted by Gasteiger charge is 2.16. The first-order valence-corrected chi connectivity index (χ1v) is 10.2. The molecule has 1 unspecified atom stereocenters. The molecule has 0 aliphatic heterocycles. The van der Waals surface area contributed by atoms with Crippen LogP contribution in [0.25, 0.3) is 0 Å². The molecule has 24 heavy (non-hydrogen) atoms. The normalized spacial score (nSPS) is 13.4. The third-order valence-corrected chi connectivity index (χ3v) is 4.30. The molecule has 0 heterocycles. The highest BCUT2D eigenvalue weighted by Crippen LogP contribution is 2.20. The topological polar surface area (TPSA) is 38.7 Å². The first-order chi connectivity index (χ1) is 11.5. The minimum atomic E-state index is -0.320. The van der Waals surface area contributed by atoms with E-state index < -0.39 is 0 Å². The van der Waals surface area contributed by atoms with Crippen LogP contribution in [0.3, 0.4) is 0 Å². The summed E-state index contributed by atoms with van der Waals surface area (Å²) >= 11 is 0. The second-order valence-corrected chi connectivity index (χ2v) is 8.38. The Morgan fingerprint density at radius 3 is 1.54 bits per heavy atom. The summed E-state index contributed by atoms with van der Waals surface area (Å²) in [6.07, 6.45) is 15.0. The predicted molar refractivity (Wildman–Crippen MR) is 104 cm³/mol. The van der Waals surface area contributed by atoms with Crippen LogP contribution in [-0.4, -0.2) is 38.1 Å². The van der Waals surface area contributed by atoms with Gasteiger partial charge in [0.25, 0.3) is 0 Å². The number of hydrogen-bond acceptors (Lipinski definition) is 3. The smallest absolute Gasteiger partial charge is 0.0778 e. The Morgan fingerprint density at radius 1 is 0.708 bits per heavy atom. The van der Waals surface area contributed by atoms with E-state index in [1.807, 2.05) is 0 Å². The molecule has 3 heteroatoms. The van der Waals surface area contributed by atoms with Crippen LogP contribution in [0, 0.1) is 5.41 Å². The van der Waals surface area contributed by atoms with Crippen molar-refractivity contribution in [2.24, 2.45) is 5.41 Å². The summed E-state index contributed by atoms with van der Waals surface area (Å²) in [7, 11) is 1.78. The van der Waals surface area contributed by atoms with Gasteiger partial charge >= 0.3 is 0 Å². The van der Waals surface area contributed by atoms with Crippen molar-refractivity contribution in [1.29, 1.82) is 0 Å². The van der Waals surface area contributed by atoms with Crippen molar-refractivity contribution in [3.8, 4) is 0 Å². The van der Waals surface area contributed by atoms with Gasteiger partial charge in [-0.3, -0.25) is 0 Å². The van der Waals surface area contributed by atoms with Crippen molar-refractivity contribution >= 4 is 0 Å². The van der Waals surface area contributed by atoms with Gasteiger partial charge in [0, 0.05) is 20.3 Å². The van der Waals surface area contributed by atoms with Gasteiger partial charge in [-0.05, 0) is 24.7 Å². The van der Waals surface area contributed by atoms with Crippen LogP contribution in [-0.2, 0) is 9.47 Å². The van der Waals surface area contributed by atoms with Crippen LogP contribution >= 0.6 is 0 Å². The fourth-order valence-electron chi connectivity index (χ4n) is 3.03. The summed E-state index contributed by atoms with van der Waals surface area (Å²) in [5.41, 5.74) is 0.173. The molecule has 0 radical (unpaired) electrons. The number of methoxy groups -OCH3 is 1. The molecule has 0 spiro atoms. The molecule has 0 fully saturated rings. The maximum atomic E-state index is 9.86. The van der Waals surface area contributed by atoms with Crippen molar-refractivity contribution < 1.29 is 14.6 Å². The van der Waals surface area contributed by atoms with Gasteiger partial charge < -0.3 is 14.6 Å². The van der Waals surface area contributed by atoms with Crippen molar-refractivity contribution in [3.63, 3.8) is 0 Å². The Labute approximate surface area is 151 Å². The molecule has 0 bridgehead atoms. The van der Waals surface area contributed by atoms with Gasteiger partial charge in [0.05, 0.1) is 12.7 Å². The SMILES string of the molecule is COCCCCCCCCCCCCCOCC(O)CC(C)(C)C. The largest absolute Gasteiger partial charge is 0.391 e. The quantitative estimate of drug-likeness (QED) is 0.342. The zero-order valence-electron chi connectivity index (χ0n) is 16.9. The van der Waals surface area contributed by atoms with Crippen molar-refractivity contribution in [3.05, 3.63) is 0 Å². The molecule has 0 aliphatic rings. The van der Waals surface area contributed by atoms with Gasteiger partial charge in [-0.15, -0.1) is 0 Å². The Bertz CT molecular complexity index is 248. The first kappa shape index (κ1) is 23.9. The third-order valence-electron chi connectivity index (χ3n) is 4.30. The lowest BCUT2D eigenvalue weighted by molar-refractivity contribution is 0.0150. The van der Waals surface area contributed by atoms with E-state index in [-0.39, 0.29) is 11.5 Å². The van der Waals surface area contributed by atoms with Crippen molar-refractivity contribution in [2.75, 3.05) is 26.9 Å². The molecule has 146 valence electrons. The average molecular weight is 345 g/mol. The van der Waals surface area contributed by atoms with Crippen molar-refractivity contribution in [2.45, 2.75) is 104 Å². The van der Waals surface area contributed by atoms with Gasteiger partial charge in [-0.2, -0.15) is 0 Å².